The summed E-state index contributed by atoms with van der Waals surface area (Å²) in [6, 6.07) is 13.5. The standard InChI is InChI=1S/C21H24N2O3/c1-3-26-20(24)14-23(13-16-9-10-16)21(25)18-11-12-19(22-15(18)2)17-7-5-4-6-8-17/h4-8,11-12,16H,3,9-10,13-14H2,1-2H3. The van der Waals surface area contributed by atoms with Gasteiger partial charge < -0.3 is 9.64 Å². The molecule has 1 aliphatic rings. The molecule has 0 aliphatic heterocycles. The predicted octanol–water partition coefficient (Wildman–Crippen LogP) is 3.47. The highest BCUT2D eigenvalue weighted by atomic mass is 16.5. The number of esters is 1. The van der Waals surface area contributed by atoms with Crippen LogP contribution in [0.15, 0.2) is 42.5 Å². The van der Waals surface area contributed by atoms with Crippen molar-refractivity contribution in [3.05, 3.63) is 53.7 Å². The van der Waals surface area contributed by atoms with Crippen molar-refractivity contribution >= 4 is 11.9 Å². The van der Waals surface area contributed by atoms with Crippen LogP contribution in [-0.2, 0) is 9.53 Å². The minimum Gasteiger partial charge on any atom is -0.465 e. The van der Waals surface area contributed by atoms with E-state index in [-0.39, 0.29) is 18.4 Å². The topological polar surface area (TPSA) is 59.5 Å². The highest BCUT2D eigenvalue weighted by Crippen LogP contribution is 2.30. The van der Waals surface area contributed by atoms with Crippen molar-refractivity contribution in [1.82, 2.24) is 9.88 Å². The maximum Gasteiger partial charge on any atom is 0.325 e. The van der Waals surface area contributed by atoms with Gasteiger partial charge in [-0.25, -0.2) is 0 Å². The van der Waals surface area contributed by atoms with Gasteiger partial charge in [-0.2, -0.15) is 0 Å². The fraction of sp³-hybridized carbons (Fsp3) is 0.381. The molecule has 1 aromatic heterocycles. The molecule has 26 heavy (non-hydrogen) atoms. The molecular weight excluding hydrogens is 328 g/mol. The maximum absolute atomic E-state index is 13.0. The summed E-state index contributed by atoms with van der Waals surface area (Å²) in [5, 5.41) is 0. The molecule has 0 radical (unpaired) electrons. The lowest BCUT2D eigenvalue weighted by Gasteiger charge is -2.22. The minimum absolute atomic E-state index is 0.0109. The number of aromatic nitrogens is 1. The summed E-state index contributed by atoms with van der Waals surface area (Å²) in [5.41, 5.74) is 3.05. The van der Waals surface area contributed by atoms with Crippen LogP contribution in [0.3, 0.4) is 0 Å². The van der Waals surface area contributed by atoms with E-state index in [1.165, 1.54) is 0 Å². The number of carbonyl (C=O) groups is 2. The summed E-state index contributed by atoms with van der Waals surface area (Å²) in [6.07, 6.45) is 2.22. The van der Waals surface area contributed by atoms with Gasteiger partial charge in [-0.3, -0.25) is 14.6 Å². The third-order valence-electron chi connectivity index (χ3n) is 4.47. The molecule has 136 valence electrons. The Morgan fingerprint density at radius 2 is 1.88 bits per heavy atom. The first-order valence-electron chi connectivity index (χ1n) is 9.06. The molecule has 0 saturated heterocycles. The van der Waals surface area contributed by atoms with Crippen LogP contribution < -0.4 is 0 Å². The molecule has 0 spiro atoms. The molecule has 0 unspecified atom stereocenters. The normalized spacial score (nSPS) is 13.3. The molecule has 0 atom stereocenters. The summed E-state index contributed by atoms with van der Waals surface area (Å²) in [5.74, 6) is -0.0344. The zero-order valence-electron chi connectivity index (χ0n) is 15.3. The zero-order valence-corrected chi connectivity index (χ0v) is 15.3. The largest absolute Gasteiger partial charge is 0.465 e. The summed E-state index contributed by atoms with van der Waals surface area (Å²) >= 11 is 0. The van der Waals surface area contributed by atoms with E-state index in [1.807, 2.05) is 43.3 Å². The van der Waals surface area contributed by atoms with Gasteiger partial charge in [0.2, 0.25) is 0 Å². The highest BCUT2D eigenvalue weighted by molar-refractivity contribution is 5.97. The summed E-state index contributed by atoms with van der Waals surface area (Å²) in [4.78, 5) is 31.1. The Kier molecular flexibility index (Phi) is 5.66. The van der Waals surface area contributed by atoms with Crippen molar-refractivity contribution in [3.8, 4) is 11.3 Å². The lowest BCUT2D eigenvalue weighted by atomic mass is 10.1. The van der Waals surface area contributed by atoms with Gasteiger partial charge in [0.1, 0.15) is 6.54 Å². The van der Waals surface area contributed by atoms with E-state index in [4.69, 9.17) is 4.74 Å². The van der Waals surface area contributed by atoms with Gasteiger partial charge in [0.15, 0.2) is 0 Å². The third-order valence-corrected chi connectivity index (χ3v) is 4.47. The number of amides is 1. The summed E-state index contributed by atoms with van der Waals surface area (Å²) in [7, 11) is 0. The molecule has 5 nitrogen and oxygen atoms in total. The van der Waals surface area contributed by atoms with Gasteiger partial charge in [-0.15, -0.1) is 0 Å². The van der Waals surface area contributed by atoms with Gasteiger partial charge in [0, 0.05) is 12.1 Å². The Balaban J connectivity index is 1.80. The Bertz CT molecular complexity index is 785. The molecule has 0 N–H and O–H groups in total. The number of benzene rings is 1. The predicted molar refractivity (Wildman–Crippen MR) is 99.7 cm³/mol. The number of aryl methyl sites for hydroxylation is 1. The van der Waals surface area contributed by atoms with Crippen LogP contribution in [0.2, 0.25) is 0 Å². The van der Waals surface area contributed by atoms with Crippen LogP contribution in [0, 0.1) is 12.8 Å². The van der Waals surface area contributed by atoms with Crippen LogP contribution in [0.1, 0.15) is 35.8 Å². The average molecular weight is 352 g/mol. The first-order chi connectivity index (χ1) is 12.6. The second-order valence-electron chi connectivity index (χ2n) is 6.63. The van der Waals surface area contributed by atoms with E-state index in [2.05, 4.69) is 4.98 Å². The Hall–Kier alpha value is -2.69. The number of pyridine rings is 1. The lowest BCUT2D eigenvalue weighted by molar-refractivity contribution is -0.143. The molecule has 1 aliphatic carbocycles. The van der Waals surface area contributed by atoms with Gasteiger partial charge in [-0.1, -0.05) is 30.3 Å². The molecule has 1 saturated carbocycles. The molecule has 1 heterocycles. The molecule has 1 aromatic carbocycles. The van der Waals surface area contributed by atoms with Crippen molar-refractivity contribution in [3.63, 3.8) is 0 Å². The maximum atomic E-state index is 13.0. The van der Waals surface area contributed by atoms with E-state index in [9.17, 15) is 9.59 Å². The Labute approximate surface area is 154 Å². The number of hydrogen-bond acceptors (Lipinski definition) is 4. The highest BCUT2D eigenvalue weighted by Gasteiger charge is 2.29. The van der Waals surface area contributed by atoms with Crippen LogP contribution in [-0.4, -0.2) is 41.5 Å². The number of ether oxygens (including phenoxy) is 1. The number of carbonyl (C=O) groups excluding carboxylic acids is 2. The SMILES string of the molecule is CCOC(=O)CN(CC1CC1)C(=O)c1ccc(-c2ccccc2)nc1C. The van der Waals surface area contributed by atoms with Crippen molar-refractivity contribution in [2.75, 3.05) is 19.7 Å². The summed E-state index contributed by atoms with van der Waals surface area (Å²) < 4.78 is 5.02. The first-order valence-corrected chi connectivity index (χ1v) is 9.06. The molecule has 1 fully saturated rings. The van der Waals surface area contributed by atoms with Crippen molar-refractivity contribution in [2.45, 2.75) is 26.7 Å². The molecule has 5 heteroatoms. The molecular formula is C21H24N2O3. The van der Waals surface area contributed by atoms with Crippen molar-refractivity contribution < 1.29 is 14.3 Å². The van der Waals surface area contributed by atoms with Crippen LogP contribution in [0.25, 0.3) is 11.3 Å². The van der Waals surface area contributed by atoms with Crippen molar-refractivity contribution in [1.29, 1.82) is 0 Å². The van der Waals surface area contributed by atoms with Gasteiger partial charge >= 0.3 is 5.97 Å². The van der Waals surface area contributed by atoms with Gasteiger partial charge in [-0.05, 0) is 44.7 Å². The molecule has 0 bridgehead atoms. The monoisotopic (exact) mass is 352 g/mol. The smallest absolute Gasteiger partial charge is 0.325 e. The fourth-order valence-electron chi connectivity index (χ4n) is 2.92. The quantitative estimate of drug-likeness (QED) is 0.716. The van der Waals surface area contributed by atoms with E-state index >= 15 is 0 Å². The van der Waals surface area contributed by atoms with Crippen LogP contribution in [0.4, 0.5) is 0 Å². The van der Waals surface area contributed by atoms with E-state index < -0.39 is 0 Å². The van der Waals surface area contributed by atoms with Crippen LogP contribution >= 0.6 is 0 Å². The van der Waals surface area contributed by atoms with Gasteiger partial charge in [0.25, 0.3) is 5.91 Å². The lowest BCUT2D eigenvalue weighted by Crippen LogP contribution is -2.38. The Morgan fingerprint density at radius 3 is 2.50 bits per heavy atom. The second-order valence-corrected chi connectivity index (χ2v) is 6.63. The van der Waals surface area contributed by atoms with Crippen molar-refractivity contribution in [2.24, 2.45) is 5.92 Å². The van der Waals surface area contributed by atoms with E-state index in [0.29, 0.717) is 30.3 Å². The Morgan fingerprint density at radius 1 is 1.15 bits per heavy atom. The van der Waals surface area contributed by atoms with E-state index in [1.54, 1.807) is 17.9 Å². The minimum atomic E-state index is -0.368. The molecule has 3 rings (SSSR count). The second kappa shape index (κ2) is 8.13. The van der Waals surface area contributed by atoms with Gasteiger partial charge in [0.05, 0.1) is 23.6 Å². The van der Waals surface area contributed by atoms with Crippen LogP contribution in [0.5, 0.6) is 0 Å². The zero-order chi connectivity index (χ0) is 18.5. The molecule has 1 amide bonds. The number of nitrogens with zero attached hydrogens (tertiary/aromatic N) is 2. The first kappa shape index (κ1) is 18.1. The summed E-state index contributed by atoms with van der Waals surface area (Å²) in [6.45, 7) is 4.50. The molecule has 2 aromatic rings. The average Bonchev–Trinajstić information content (AvgIpc) is 3.45. The third kappa shape index (κ3) is 4.48. The number of rotatable bonds is 7. The fourth-order valence-corrected chi connectivity index (χ4v) is 2.92. The number of hydrogen-bond donors (Lipinski definition) is 0. The van der Waals surface area contributed by atoms with E-state index in [0.717, 1.165) is 24.1 Å².